The molecular weight excluding hydrogens is 590 g/mol. The number of amides is 1. The van der Waals surface area contributed by atoms with Crippen LogP contribution in [0.4, 0.5) is 10.5 Å². The summed E-state index contributed by atoms with van der Waals surface area (Å²) in [6.45, 7) is 1.24. The van der Waals surface area contributed by atoms with Gasteiger partial charge in [-0.2, -0.15) is 0 Å². The van der Waals surface area contributed by atoms with Crippen LogP contribution in [0.5, 0.6) is 11.5 Å². The lowest BCUT2D eigenvalue weighted by molar-refractivity contribution is -0.122. The summed E-state index contributed by atoms with van der Waals surface area (Å²) in [6, 6.07) is 30.6. The van der Waals surface area contributed by atoms with Gasteiger partial charge in [0.25, 0.3) is 6.47 Å². The highest BCUT2D eigenvalue weighted by molar-refractivity contribution is 5.87. The Balaban J connectivity index is 0.00000154. The average Bonchev–Trinajstić information content (AvgIpc) is 3.06. The number of benzene rings is 4. The number of hydrogen-bond donors (Lipinski definition) is 6. The Bertz CT molecular complexity index is 1810. The molecule has 5 rings (SSSR count). The van der Waals surface area contributed by atoms with Gasteiger partial charge >= 0.3 is 6.09 Å². The summed E-state index contributed by atoms with van der Waals surface area (Å²) >= 11 is 0. The van der Waals surface area contributed by atoms with Crippen molar-refractivity contribution in [2.75, 3.05) is 18.0 Å². The number of carbonyl (C=O) groups is 2. The van der Waals surface area contributed by atoms with Gasteiger partial charge < -0.3 is 35.5 Å². The molecule has 1 amide bonds. The molecule has 0 saturated heterocycles. The molecule has 0 aliphatic rings. The number of nitrogens with zero attached hydrogens (tertiary/aromatic N) is 1. The standard InChI is InChI=1S/C34H33N3O6.CH2O2/c38-30-14-12-28(29-13-15-32(40)36-33(29)30)31(39)20-35-17-16-23-8-4-9-25(18-23)22-43-27-11-5-10-26(19-27)37(34(41)42)21-24-6-2-1-3-7-24;2-1-3/h1-15,18-19,31,35,38-39H,16-17,20-22H2,(H,36,40)(H,41,42);1H,(H,2,3)/t31-;/m0./s1. The summed E-state index contributed by atoms with van der Waals surface area (Å²) in [5, 5.41) is 41.4. The first kappa shape index (κ1) is 33.2. The number of aromatic hydroxyl groups is 1. The molecular formula is C35H35N3O8. The SMILES string of the molecule is O=C(O)N(Cc1ccccc1)c1cccc(OCc2cccc(CCNC[C@H](O)c3ccc(O)c4[nH]c(=O)ccc34)c2)c1.O=CO. The molecule has 0 unspecified atom stereocenters. The van der Waals surface area contributed by atoms with E-state index < -0.39 is 12.2 Å². The highest BCUT2D eigenvalue weighted by Gasteiger charge is 2.16. The first-order valence-electron chi connectivity index (χ1n) is 14.5. The minimum atomic E-state index is -1.04. The maximum atomic E-state index is 12.0. The number of ether oxygens (including phenoxy) is 1. The highest BCUT2D eigenvalue weighted by Crippen LogP contribution is 2.28. The van der Waals surface area contributed by atoms with Gasteiger partial charge in [-0.3, -0.25) is 14.5 Å². The lowest BCUT2D eigenvalue weighted by Gasteiger charge is -2.20. The third-order valence-electron chi connectivity index (χ3n) is 7.13. The summed E-state index contributed by atoms with van der Waals surface area (Å²) in [7, 11) is 0. The lowest BCUT2D eigenvalue weighted by atomic mass is 10.0. The van der Waals surface area contributed by atoms with Crippen molar-refractivity contribution in [2.45, 2.75) is 25.7 Å². The zero-order chi connectivity index (χ0) is 32.9. The monoisotopic (exact) mass is 625 g/mol. The van der Waals surface area contributed by atoms with Gasteiger partial charge in [0.1, 0.15) is 18.1 Å². The Morgan fingerprint density at radius 3 is 2.39 bits per heavy atom. The molecule has 6 N–H and O–H groups in total. The minimum absolute atomic E-state index is 0.0431. The molecule has 0 aliphatic heterocycles. The largest absolute Gasteiger partial charge is 0.506 e. The first-order chi connectivity index (χ1) is 22.3. The number of phenols is 1. The van der Waals surface area contributed by atoms with Gasteiger partial charge in [0, 0.05) is 24.1 Å². The van der Waals surface area contributed by atoms with Crippen molar-refractivity contribution in [3.63, 3.8) is 0 Å². The average molecular weight is 626 g/mol. The maximum Gasteiger partial charge on any atom is 0.412 e. The van der Waals surface area contributed by atoms with Gasteiger partial charge in [0.2, 0.25) is 5.56 Å². The van der Waals surface area contributed by atoms with Crippen molar-refractivity contribution in [1.82, 2.24) is 10.3 Å². The second kappa shape index (κ2) is 16.4. The molecule has 238 valence electrons. The fourth-order valence-electron chi connectivity index (χ4n) is 4.95. The molecule has 11 nitrogen and oxygen atoms in total. The predicted molar refractivity (Wildman–Crippen MR) is 174 cm³/mol. The first-order valence-corrected chi connectivity index (χ1v) is 14.5. The summed E-state index contributed by atoms with van der Waals surface area (Å²) in [4.78, 5) is 35.9. The second-order valence-electron chi connectivity index (χ2n) is 10.3. The minimum Gasteiger partial charge on any atom is -0.506 e. The van der Waals surface area contributed by atoms with E-state index in [2.05, 4.69) is 16.4 Å². The van der Waals surface area contributed by atoms with Crippen LogP contribution in [0.25, 0.3) is 10.9 Å². The fraction of sp³-hybridized carbons (Fsp3) is 0.171. The van der Waals surface area contributed by atoms with E-state index >= 15 is 0 Å². The van der Waals surface area contributed by atoms with Gasteiger partial charge in [0.15, 0.2) is 0 Å². The van der Waals surface area contributed by atoms with Gasteiger partial charge in [-0.05, 0) is 59.5 Å². The Morgan fingerprint density at radius 1 is 0.913 bits per heavy atom. The number of aromatic amines is 1. The molecule has 11 heteroatoms. The molecule has 1 atom stereocenters. The van der Waals surface area contributed by atoms with E-state index in [9.17, 15) is 24.9 Å². The van der Waals surface area contributed by atoms with Gasteiger partial charge in [-0.15, -0.1) is 0 Å². The van der Waals surface area contributed by atoms with E-state index in [0.717, 1.165) is 23.1 Å². The molecule has 0 spiro atoms. The van der Waals surface area contributed by atoms with Gasteiger partial charge in [0.05, 0.1) is 23.9 Å². The summed E-state index contributed by atoms with van der Waals surface area (Å²) in [5.41, 5.74) is 4.11. The molecule has 1 aromatic heterocycles. The number of anilines is 1. The summed E-state index contributed by atoms with van der Waals surface area (Å²) < 4.78 is 6.02. The third-order valence-corrected chi connectivity index (χ3v) is 7.13. The molecule has 4 aromatic carbocycles. The summed E-state index contributed by atoms with van der Waals surface area (Å²) in [6.07, 6.45) is -1.14. The number of phenolic OH excluding ortho intramolecular Hbond substituents is 1. The van der Waals surface area contributed by atoms with Crippen LogP contribution in [0.1, 0.15) is 28.4 Å². The van der Waals surface area contributed by atoms with Crippen LogP contribution in [-0.2, 0) is 24.4 Å². The number of hydrogen-bond acceptors (Lipinski definition) is 7. The van der Waals surface area contributed by atoms with Crippen molar-refractivity contribution in [3.8, 4) is 11.5 Å². The van der Waals surface area contributed by atoms with E-state index in [1.807, 2.05) is 48.5 Å². The van der Waals surface area contributed by atoms with Crippen LogP contribution < -0.4 is 20.5 Å². The molecule has 5 aromatic rings. The number of carboxylic acid groups (broad SMARTS) is 2. The second-order valence-corrected chi connectivity index (χ2v) is 10.3. The van der Waals surface area contributed by atoms with Crippen LogP contribution in [0.2, 0.25) is 0 Å². The smallest absolute Gasteiger partial charge is 0.412 e. The van der Waals surface area contributed by atoms with Crippen LogP contribution in [-0.4, -0.2) is 51.1 Å². The van der Waals surface area contributed by atoms with Crippen molar-refractivity contribution >= 4 is 29.2 Å². The molecule has 46 heavy (non-hydrogen) atoms. The lowest BCUT2D eigenvalue weighted by Crippen LogP contribution is -2.28. The number of fused-ring (bicyclic) bond motifs is 1. The molecule has 1 heterocycles. The Morgan fingerprint density at radius 2 is 1.63 bits per heavy atom. The quantitative estimate of drug-likeness (QED) is 0.0818. The summed E-state index contributed by atoms with van der Waals surface area (Å²) in [5.74, 6) is 0.530. The number of pyridine rings is 1. The Kier molecular flexibility index (Phi) is 11.9. The topological polar surface area (TPSA) is 172 Å². The van der Waals surface area contributed by atoms with E-state index in [4.69, 9.17) is 14.6 Å². The van der Waals surface area contributed by atoms with Crippen LogP contribution in [0, 0.1) is 0 Å². The molecule has 0 fully saturated rings. The number of rotatable bonds is 12. The van der Waals surface area contributed by atoms with Crippen molar-refractivity contribution in [3.05, 3.63) is 136 Å². The number of aliphatic hydroxyl groups excluding tert-OH is 1. The predicted octanol–water partition coefficient (Wildman–Crippen LogP) is 5.06. The molecule has 0 radical (unpaired) electrons. The number of H-pyrrole nitrogens is 1. The Labute approximate surface area is 265 Å². The van der Waals surface area contributed by atoms with Crippen LogP contribution in [0.15, 0.2) is 108 Å². The molecule has 0 saturated carbocycles. The van der Waals surface area contributed by atoms with E-state index in [0.29, 0.717) is 47.6 Å². The normalized spacial score (nSPS) is 11.2. The number of nitrogens with one attached hydrogen (secondary N) is 2. The van der Waals surface area contributed by atoms with E-state index in [1.54, 1.807) is 36.4 Å². The van der Waals surface area contributed by atoms with Gasteiger partial charge in [-0.1, -0.05) is 66.7 Å². The van der Waals surface area contributed by atoms with Crippen molar-refractivity contribution in [1.29, 1.82) is 0 Å². The van der Waals surface area contributed by atoms with E-state index in [-0.39, 0.29) is 24.3 Å². The van der Waals surface area contributed by atoms with E-state index in [1.165, 1.54) is 17.0 Å². The Hall–Kier alpha value is -5.65. The molecule has 0 aliphatic carbocycles. The number of aromatic nitrogens is 1. The highest BCUT2D eigenvalue weighted by atomic mass is 16.5. The zero-order valence-corrected chi connectivity index (χ0v) is 24.9. The van der Waals surface area contributed by atoms with Crippen LogP contribution in [0.3, 0.4) is 0 Å². The third kappa shape index (κ3) is 9.18. The molecule has 0 bridgehead atoms. The van der Waals surface area contributed by atoms with Crippen LogP contribution >= 0.6 is 0 Å². The van der Waals surface area contributed by atoms with Crippen molar-refractivity contribution in [2.24, 2.45) is 0 Å². The van der Waals surface area contributed by atoms with Gasteiger partial charge in [-0.25, -0.2) is 4.79 Å². The number of aliphatic hydroxyl groups is 1. The fourth-order valence-corrected chi connectivity index (χ4v) is 4.95. The zero-order valence-electron chi connectivity index (χ0n) is 24.9. The maximum absolute atomic E-state index is 12.0. The van der Waals surface area contributed by atoms with Crippen molar-refractivity contribution < 1.29 is 34.8 Å².